The average molecular weight is 168 g/mol. The van der Waals surface area contributed by atoms with Gasteiger partial charge in [-0.25, -0.2) is 4.98 Å². The average Bonchev–Trinajstić information content (AvgIpc) is 2.57. The quantitative estimate of drug-likeness (QED) is 0.604. The van der Waals surface area contributed by atoms with Gasteiger partial charge in [0.1, 0.15) is 0 Å². The zero-order valence-corrected chi connectivity index (χ0v) is 7.57. The van der Waals surface area contributed by atoms with Gasteiger partial charge in [-0.3, -0.25) is 0 Å². The molecule has 0 spiro atoms. The zero-order valence-electron chi connectivity index (χ0n) is 7.57. The Hall–Kier alpha value is -0.830. The molecule has 0 aliphatic rings. The lowest BCUT2D eigenvalue weighted by molar-refractivity contribution is 0.123. The van der Waals surface area contributed by atoms with Crippen molar-refractivity contribution in [3.8, 4) is 0 Å². The number of rotatable bonds is 6. The molecule has 0 bridgehead atoms. The van der Waals surface area contributed by atoms with Crippen LogP contribution in [-0.4, -0.2) is 22.8 Å². The lowest BCUT2D eigenvalue weighted by Crippen LogP contribution is -2.04. The van der Waals surface area contributed by atoms with Gasteiger partial charge in [0.15, 0.2) is 0 Å². The Bertz CT molecular complexity index is 184. The molecule has 12 heavy (non-hydrogen) atoms. The lowest BCUT2D eigenvalue weighted by atomic mass is 10.4. The molecule has 0 unspecified atom stereocenters. The number of hydrogen-bond acceptors (Lipinski definition) is 2. The Morgan fingerprint density at radius 1 is 1.42 bits per heavy atom. The van der Waals surface area contributed by atoms with E-state index in [0.29, 0.717) is 0 Å². The Kier molecular flexibility index (Phi) is 4.46. The normalized spacial score (nSPS) is 10.4. The summed E-state index contributed by atoms with van der Waals surface area (Å²) < 4.78 is 7.42. The number of imidazole rings is 1. The number of unbranched alkanes of at least 4 members (excludes halogenated alkanes) is 1. The molecule has 0 aromatic carbocycles. The van der Waals surface area contributed by atoms with Gasteiger partial charge < -0.3 is 9.30 Å². The number of hydrogen-bond donors (Lipinski definition) is 0. The molecule has 0 fully saturated rings. The molecule has 0 aliphatic heterocycles. The summed E-state index contributed by atoms with van der Waals surface area (Å²) in [6.07, 6.45) is 7.90. The second-order valence-corrected chi connectivity index (χ2v) is 2.77. The van der Waals surface area contributed by atoms with E-state index in [1.807, 2.05) is 17.1 Å². The van der Waals surface area contributed by atoms with E-state index < -0.39 is 0 Å². The van der Waals surface area contributed by atoms with Crippen LogP contribution in [-0.2, 0) is 11.3 Å². The maximum atomic E-state index is 5.40. The molecule has 1 aromatic rings. The third-order valence-electron chi connectivity index (χ3n) is 1.70. The fourth-order valence-corrected chi connectivity index (χ4v) is 0.937. The van der Waals surface area contributed by atoms with Gasteiger partial charge in [0.05, 0.1) is 12.9 Å². The maximum absolute atomic E-state index is 5.40. The van der Waals surface area contributed by atoms with E-state index in [4.69, 9.17) is 4.74 Å². The van der Waals surface area contributed by atoms with Gasteiger partial charge in [-0.1, -0.05) is 13.3 Å². The standard InChI is InChI=1S/C9H16N2O/c1-2-3-7-12-8-6-11-5-4-10-9-11/h4-5,9H,2-3,6-8H2,1H3. The summed E-state index contributed by atoms with van der Waals surface area (Å²) in [7, 11) is 0. The molecule has 0 atom stereocenters. The van der Waals surface area contributed by atoms with Crippen molar-refractivity contribution >= 4 is 0 Å². The minimum absolute atomic E-state index is 0.788. The third-order valence-corrected chi connectivity index (χ3v) is 1.70. The largest absolute Gasteiger partial charge is 0.380 e. The number of aromatic nitrogens is 2. The van der Waals surface area contributed by atoms with Crippen LogP contribution in [0.25, 0.3) is 0 Å². The first-order valence-corrected chi connectivity index (χ1v) is 4.47. The Morgan fingerprint density at radius 3 is 3.00 bits per heavy atom. The summed E-state index contributed by atoms with van der Waals surface area (Å²) in [6.45, 7) is 4.74. The van der Waals surface area contributed by atoms with Crippen LogP contribution in [0.1, 0.15) is 19.8 Å². The van der Waals surface area contributed by atoms with Gasteiger partial charge in [0, 0.05) is 25.5 Å². The van der Waals surface area contributed by atoms with E-state index in [2.05, 4.69) is 11.9 Å². The highest BCUT2D eigenvalue weighted by Gasteiger charge is 1.89. The maximum Gasteiger partial charge on any atom is 0.0946 e. The summed E-state index contributed by atoms with van der Waals surface area (Å²) in [4.78, 5) is 3.94. The predicted octanol–water partition coefficient (Wildman–Crippen LogP) is 1.70. The van der Waals surface area contributed by atoms with Crippen LogP contribution in [0.3, 0.4) is 0 Å². The highest BCUT2D eigenvalue weighted by molar-refractivity contribution is 4.73. The minimum atomic E-state index is 0.788. The van der Waals surface area contributed by atoms with E-state index in [9.17, 15) is 0 Å². The first kappa shape index (κ1) is 9.26. The van der Waals surface area contributed by atoms with Crippen molar-refractivity contribution < 1.29 is 4.74 Å². The zero-order chi connectivity index (χ0) is 8.65. The van der Waals surface area contributed by atoms with E-state index in [1.54, 1.807) is 6.20 Å². The highest BCUT2D eigenvalue weighted by atomic mass is 16.5. The van der Waals surface area contributed by atoms with Crippen LogP contribution >= 0.6 is 0 Å². The fraction of sp³-hybridized carbons (Fsp3) is 0.667. The summed E-state index contributed by atoms with van der Waals surface area (Å²) in [5, 5.41) is 0. The Balaban J connectivity index is 1.96. The van der Waals surface area contributed by atoms with E-state index in [-0.39, 0.29) is 0 Å². The van der Waals surface area contributed by atoms with Gasteiger partial charge in [0.2, 0.25) is 0 Å². The monoisotopic (exact) mass is 168 g/mol. The molecular weight excluding hydrogens is 152 g/mol. The van der Waals surface area contributed by atoms with Crippen LogP contribution in [0.4, 0.5) is 0 Å². The summed E-state index contributed by atoms with van der Waals surface area (Å²) in [5.41, 5.74) is 0. The fourth-order valence-electron chi connectivity index (χ4n) is 0.937. The number of ether oxygens (including phenoxy) is 1. The van der Waals surface area contributed by atoms with Crippen molar-refractivity contribution in [2.45, 2.75) is 26.3 Å². The van der Waals surface area contributed by atoms with E-state index >= 15 is 0 Å². The van der Waals surface area contributed by atoms with Gasteiger partial charge in [-0.05, 0) is 6.42 Å². The molecule has 0 amide bonds. The molecule has 1 heterocycles. The van der Waals surface area contributed by atoms with Gasteiger partial charge >= 0.3 is 0 Å². The van der Waals surface area contributed by atoms with Crippen LogP contribution in [0, 0.1) is 0 Å². The van der Waals surface area contributed by atoms with Gasteiger partial charge in [-0.15, -0.1) is 0 Å². The molecule has 3 nitrogen and oxygen atoms in total. The SMILES string of the molecule is CCCCOCCn1ccnc1. The van der Waals surface area contributed by atoms with E-state index in [1.165, 1.54) is 6.42 Å². The molecule has 0 saturated carbocycles. The molecule has 68 valence electrons. The van der Waals surface area contributed by atoms with Crippen molar-refractivity contribution in [1.29, 1.82) is 0 Å². The Morgan fingerprint density at radius 2 is 2.33 bits per heavy atom. The summed E-state index contributed by atoms with van der Waals surface area (Å²) in [6, 6.07) is 0. The van der Waals surface area contributed by atoms with Crippen LogP contribution in [0.5, 0.6) is 0 Å². The number of nitrogens with zero attached hydrogens (tertiary/aromatic N) is 2. The lowest BCUT2D eigenvalue weighted by Gasteiger charge is -2.03. The van der Waals surface area contributed by atoms with Crippen molar-refractivity contribution in [3.05, 3.63) is 18.7 Å². The Labute approximate surface area is 73.4 Å². The van der Waals surface area contributed by atoms with Crippen LogP contribution in [0.15, 0.2) is 18.7 Å². The third kappa shape index (κ3) is 3.53. The molecule has 0 saturated heterocycles. The molecule has 1 rings (SSSR count). The molecular formula is C9H16N2O. The molecule has 0 radical (unpaired) electrons. The van der Waals surface area contributed by atoms with Crippen LogP contribution in [0.2, 0.25) is 0 Å². The smallest absolute Gasteiger partial charge is 0.0946 e. The highest BCUT2D eigenvalue weighted by Crippen LogP contribution is 1.90. The summed E-state index contributed by atoms with van der Waals surface area (Å²) in [5.74, 6) is 0. The first-order valence-electron chi connectivity index (χ1n) is 4.47. The van der Waals surface area contributed by atoms with Crippen molar-refractivity contribution in [3.63, 3.8) is 0 Å². The molecule has 1 aromatic heterocycles. The molecule has 3 heteroatoms. The summed E-state index contributed by atoms with van der Waals surface area (Å²) >= 11 is 0. The van der Waals surface area contributed by atoms with Crippen LogP contribution < -0.4 is 0 Å². The van der Waals surface area contributed by atoms with Gasteiger partial charge in [0.25, 0.3) is 0 Å². The first-order chi connectivity index (χ1) is 5.93. The van der Waals surface area contributed by atoms with E-state index in [0.717, 1.165) is 26.2 Å². The second kappa shape index (κ2) is 5.77. The minimum Gasteiger partial charge on any atom is -0.380 e. The van der Waals surface area contributed by atoms with Crippen molar-refractivity contribution in [2.75, 3.05) is 13.2 Å². The van der Waals surface area contributed by atoms with Gasteiger partial charge in [-0.2, -0.15) is 0 Å². The second-order valence-electron chi connectivity index (χ2n) is 2.77. The topological polar surface area (TPSA) is 27.1 Å². The molecule has 0 N–H and O–H groups in total. The van der Waals surface area contributed by atoms with Crippen molar-refractivity contribution in [1.82, 2.24) is 9.55 Å². The molecule has 0 aliphatic carbocycles. The predicted molar refractivity (Wildman–Crippen MR) is 48.0 cm³/mol. The van der Waals surface area contributed by atoms with Crippen molar-refractivity contribution in [2.24, 2.45) is 0 Å².